The number of aromatic nitrogens is 2. The second-order valence-corrected chi connectivity index (χ2v) is 4.68. The van der Waals surface area contributed by atoms with E-state index < -0.39 is 0 Å². The van der Waals surface area contributed by atoms with Crippen LogP contribution in [0.5, 0.6) is 0 Å². The van der Waals surface area contributed by atoms with Crippen molar-refractivity contribution in [1.82, 2.24) is 15.5 Å². The molecule has 0 saturated heterocycles. The Kier molecular flexibility index (Phi) is 3.53. The van der Waals surface area contributed by atoms with Gasteiger partial charge in [-0.15, -0.1) is 0 Å². The fraction of sp³-hybridized carbons (Fsp3) is 0.364. The van der Waals surface area contributed by atoms with Gasteiger partial charge in [-0.05, 0) is 11.4 Å². The third-order valence-corrected chi connectivity index (χ3v) is 2.85. The summed E-state index contributed by atoms with van der Waals surface area (Å²) in [4.78, 5) is 15.8. The van der Waals surface area contributed by atoms with Gasteiger partial charge in [-0.25, -0.2) is 0 Å². The summed E-state index contributed by atoms with van der Waals surface area (Å²) in [5.41, 5.74) is 0.655. The molecule has 2 aromatic heterocycles. The molecule has 0 aliphatic rings. The lowest BCUT2D eigenvalue weighted by Crippen LogP contribution is -2.22. The van der Waals surface area contributed by atoms with Gasteiger partial charge < -0.3 is 9.84 Å². The van der Waals surface area contributed by atoms with E-state index in [-0.39, 0.29) is 18.4 Å². The summed E-state index contributed by atoms with van der Waals surface area (Å²) in [6, 6.07) is 1.77. The molecule has 0 radical (unpaired) electrons. The fourth-order valence-electron chi connectivity index (χ4n) is 1.23. The maximum atomic E-state index is 11.6. The summed E-state index contributed by atoms with van der Waals surface area (Å²) < 4.78 is 5.04. The molecule has 17 heavy (non-hydrogen) atoms. The van der Waals surface area contributed by atoms with Crippen LogP contribution in [-0.4, -0.2) is 16.0 Å². The van der Waals surface area contributed by atoms with Crippen LogP contribution in [0.15, 0.2) is 21.3 Å². The van der Waals surface area contributed by atoms with Crippen LogP contribution in [0.1, 0.15) is 41.8 Å². The van der Waals surface area contributed by atoms with E-state index in [2.05, 4.69) is 15.5 Å². The summed E-state index contributed by atoms with van der Waals surface area (Å²) in [5.74, 6) is 1.16. The summed E-state index contributed by atoms with van der Waals surface area (Å²) >= 11 is 1.49. The van der Waals surface area contributed by atoms with Crippen molar-refractivity contribution in [3.8, 4) is 0 Å². The van der Waals surface area contributed by atoms with E-state index in [9.17, 15) is 4.79 Å². The van der Waals surface area contributed by atoms with Gasteiger partial charge in [0.15, 0.2) is 5.82 Å². The Morgan fingerprint density at radius 2 is 2.41 bits per heavy atom. The van der Waals surface area contributed by atoms with Crippen molar-refractivity contribution in [2.45, 2.75) is 26.3 Å². The average Bonchev–Trinajstić information content (AvgIpc) is 2.97. The Balaban J connectivity index is 1.91. The van der Waals surface area contributed by atoms with E-state index in [4.69, 9.17) is 4.52 Å². The number of carbonyl (C=O) groups is 1. The monoisotopic (exact) mass is 251 g/mol. The highest BCUT2D eigenvalue weighted by Crippen LogP contribution is 2.11. The van der Waals surface area contributed by atoms with E-state index >= 15 is 0 Å². The van der Waals surface area contributed by atoms with Crippen molar-refractivity contribution in [2.24, 2.45) is 0 Å². The lowest BCUT2D eigenvalue weighted by molar-refractivity contribution is 0.0950. The molecule has 1 N–H and O–H groups in total. The zero-order valence-corrected chi connectivity index (χ0v) is 10.5. The highest BCUT2D eigenvalue weighted by atomic mass is 32.1. The highest BCUT2D eigenvalue weighted by molar-refractivity contribution is 7.08. The number of carbonyl (C=O) groups excluding carboxylic acids is 1. The Morgan fingerprint density at radius 3 is 3.00 bits per heavy atom. The summed E-state index contributed by atoms with van der Waals surface area (Å²) in [6.07, 6.45) is 0. The molecule has 0 spiro atoms. The number of hydrogen-bond acceptors (Lipinski definition) is 5. The van der Waals surface area contributed by atoms with E-state index in [1.54, 1.807) is 11.4 Å². The van der Waals surface area contributed by atoms with Crippen LogP contribution in [0.4, 0.5) is 0 Å². The summed E-state index contributed by atoms with van der Waals surface area (Å²) in [5, 5.41) is 10.2. The zero-order valence-electron chi connectivity index (χ0n) is 9.64. The predicted octanol–water partition coefficient (Wildman–Crippen LogP) is 2.18. The van der Waals surface area contributed by atoms with Crippen LogP contribution in [0, 0.1) is 0 Å². The number of thiophene rings is 1. The maximum absolute atomic E-state index is 11.6. The molecule has 0 aliphatic carbocycles. The second-order valence-electron chi connectivity index (χ2n) is 3.90. The van der Waals surface area contributed by atoms with Crippen molar-refractivity contribution < 1.29 is 9.32 Å². The molecule has 0 aliphatic heterocycles. The van der Waals surface area contributed by atoms with Crippen molar-refractivity contribution in [1.29, 1.82) is 0 Å². The number of nitrogens with zero attached hydrogens (tertiary/aromatic N) is 2. The normalized spacial score (nSPS) is 10.8. The second kappa shape index (κ2) is 5.09. The van der Waals surface area contributed by atoms with Crippen LogP contribution in [0.25, 0.3) is 0 Å². The molecule has 0 fully saturated rings. The van der Waals surface area contributed by atoms with Gasteiger partial charge >= 0.3 is 0 Å². The average molecular weight is 251 g/mol. The van der Waals surface area contributed by atoms with Crippen molar-refractivity contribution in [2.75, 3.05) is 0 Å². The Hall–Kier alpha value is -1.69. The van der Waals surface area contributed by atoms with Crippen LogP contribution in [0.2, 0.25) is 0 Å². The molecule has 2 heterocycles. The molecule has 90 valence electrons. The number of nitrogens with one attached hydrogen (secondary N) is 1. The molecular weight excluding hydrogens is 238 g/mol. The first-order chi connectivity index (χ1) is 8.16. The van der Waals surface area contributed by atoms with E-state index in [1.807, 2.05) is 19.2 Å². The minimum absolute atomic E-state index is 0.123. The van der Waals surface area contributed by atoms with Gasteiger partial charge in [0.25, 0.3) is 5.91 Å². The van der Waals surface area contributed by atoms with Gasteiger partial charge in [-0.3, -0.25) is 4.79 Å². The topological polar surface area (TPSA) is 68.0 Å². The molecule has 2 aromatic rings. The zero-order chi connectivity index (χ0) is 12.3. The lowest BCUT2D eigenvalue weighted by atomic mass is 10.2. The van der Waals surface area contributed by atoms with Crippen molar-refractivity contribution in [3.05, 3.63) is 34.1 Å². The maximum Gasteiger partial charge on any atom is 0.252 e. The molecule has 0 bridgehead atoms. The first-order valence-electron chi connectivity index (χ1n) is 5.29. The van der Waals surface area contributed by atoms with Gasteiger partial charge in [0.05, 0.1) is 6.54 Å². The summed E-state index contributed by atoms with van der Waals surface area (Å²) in [6.45, 7) is 4.23. The molecular formula is C11H13N3O2S. The Bertz CT molecular complexity index is 491. The van der Waals surface area contributed by atoms with Crippen LogP contribution < -0.4 is 5.32 Å². The highest BCUT2D eigenvalue weighted by Gasteiger charge is 2.11. The predicted molar refractivity (Wildman–Crippen MR) is 63.9 cm³/mol. The SMILES string of the molecule is CC(C)c1nc(CNC(=O)c2ccsc2)no1. The minimum atomic E-state index is -0.123. The van der Waals surface area contributed by atoms with Crippen LogP contribution in [-0.2, 0) is 6.54 Å². The van der Waals surface area contributed by atoms with Crippen LogP contribution >= 0.6 is 11.3 Å². The van der Waals surface area contributed by atoms with Crippen LogP contribution in [0.3, 0.4) is 0 Å². The third-order valence-electron chi connectivity index (χ3n) is 2.17. The van der Waals surface area contributed by atoms with Gasteiger partial charge in [0.2, 0.25) is 5.89 Å². The number of amides is 1. The van der Waals surface area contributed by atoms with Gasteiger partial charge in [0, 0.05) is 16.9 Å². The van der Waals surface area contributed by atoms with E-state index in [0.717, 1.165) is 0 Å². The molecule has 0 aromatic carbocycles. The Morgan fingerprint density at radius 1 is 1.59 bits per heavy atom. The van der Waals surface area contributed by atoms with E-state index in [0.29, 0.717) is 17.3 Å². The van der Waals surface area contributed by atoms with Crippen molar-refractivity contribution >= 4 is 17.2 Å². The quantitative estimate of drug-likeness (QED) is 0.904. The van der Waals surface area contributed by atoms with Gasteiger partial charge in [-0.1, -0.05) is 19.0 Å². The molecule has 0 atom stereocenters. The van der Waals surface area contributed by atoms with Gasteiger partial charge in [0.1, 0.15) is 0 Å². The molecule has 0 saturated carbocycles. The molecule has 5 nitrogen and oxygen atoms in total. The lowest BCUT2D eigenvalue weighted by Gasteiger charge is -1.98. The van der Waals surface area contributed by atoms with Gasteiger partial charge in [-0.2, -0.15) is 16.3 Å². The minimum Gasteiger partial charge on any atom is -0.345 e. The molecule has 1 amide bonds. The smallest absolute Gasteiger partial charge is 0.252 e. The third kappa shape index (κ3) is 2.91. The van der Waals surface area contributed by atoms with E-state index in [1.165, 1.54) is 11.3 Å². The fourth-order valence-corrected chi connectivity index (χ4v) is 1.86. The molecule has 6 heteroatoms. The molecule has 0 unspecified atom stereocenters. The number of rotatable bonds is 4. The standard InChI is InChI=1S/C11H13N3O2S/c1-7(2)11-13-9(14-16-11)5-12-10(15)8-3-4-17-6-8/h3-4,6-7H,5H2,1-2H3,(H,12,15). The summed E-state index contributed by atoms with van der Waals surface area (Å²) in [7, 11) is 0. The largest absolute Gasteiger partial charge is 0.345 e. The first kappa shape index (κ1) is 11.8. The first-order valence-corrected chi connectivity index (χ1v) is 6.24. The Labute approximate surface area is 103 Å². The van der Waals surface area contributed by atoms with Crippen molar-refractivity contribution in [3.63, 3.8) is 0 Å². The molecule has 2 rings (SSSR count). The number of hydrogen-bond donors (Lipinski definition) is 1.